The van der Waals surface area contributed by atoms with E-state index in [9.17, 15) is 0 Å². The average Bonchev–Trinajstić information content (AvgIpc) is 3.88. The summed E-state index contributed by atoms with van der Waals surface area (Å²) in [6, 6.07) is 59.9. The number of para-hydroxylation sites is 3. The minimum Gasteiger partial charge on any atom is -0.375 e. The van der Waals surface area contributed by atoms with Crippen LogP contribution in [0.1, 0.15) is 111 Å². The number of imidazole rings is 1. The molecule has 4 nitrogen and oxygen atoms in total. The zero-order valence-corrected chi connectivity index (χ0v) is 43.9. The summed E-state index contributed by atoms with van der Waals surface area (Å²) in [6.07, 6.45) is 0. The van der Waals surface area contributed by atoms with Crippen molar-refractivity contribution in [2.24, 2.45) is 0 Å². The van der Waals surface area contributed by atoms with Crippen molar-refractivity contribution in [3.8, 4) is 39.3 Å². The lowest BCUT2D eigenvalue weighted by Crippen LogP contribution is -2.57. The molecule has 0 bridgehead atoms. The molecule has 0 saturated carbocycles. The van der Waals surface area contributed by atoms with Gasteiger partial charge in [-0.3, -0.25) is 4.57 Å². The SMILES string of the molecule is Cc1c(-c2ccc(-c3nc4ccccc4n3-c3ccccc3)cc2)cc2c3c1-c1cc(C(C)(C)C)cc4c5cc(C(C)(C)C)ccc5n(c14)B3c1cc(C(C)(C)C)ccc1N2c1ccc(C(C)(C)C)cc1. The molecular formula is C66H65BN4. The van der Waals surface area contributed by atoms with Crippen LogP contribution in [0.2, 0.25) is 0 Å². The maximum atomic E-state index is 5.25. The van der Waals surface area contributed by atoms with E-state index in [0.717, 1.165) is 28.1 Å². The fraction of sp³-hybridized carbons (Fsp3) is 0.258. The number of rotatable bonds is 4. The standard InChI is InChI=1S/C66H65BN4/c1-40-49(41-23-25-42(26-24-41)62-68-54-21-17-18-22-57(54)70(62)47-19-15-14-16-20-47)39-58-60-59(40)52-37-46(66(11,12)13)36-51-50-35-44(64(5,6)7)29-33-55(50)71(61(51)52)67(60)53-38-45(65(8,9)10)30-34-56(53)69(58)48-31-27-43(28-32-48)63(2,3)4/h14-39H,1-13H3. The number of fused-ring (bicyclic) bond motifs is 8. The predicted molar refractivity (Wildman–Crippen MR) is 305 cm³/mol. The highest BCUT2D eigenvalue weighted by Crippen LogP contribution is 2.50. The first-order valence-electron chi connectivity index (χ1n) is 25.7. The molecular weight excluding hydrogens is 860 g/mol. The van der Waals surface area contributed by atoms with Crippen LogP contribution in [0.3, 0.4) is 0 Å². The lowest BCUT2D eigenvalue weighted by atomic mass is 9.44. The highest BCUT2D eigenvalue weighted by Gasteiger charge is 2.45. The van der Waals surface area contributed by atoms with Gasteiger partial charge < -0.3 is 9.38 Å². The molecule has 2 aliphatic heterocycles. The van der Waals surface area contributed by atoms with Crippen molar-refractivity contribution in [2.45, 2.75) is 112 Å². The van der Waals surface area contributed by atoms with Crippen LogP contribution in [0.25, 0.3) is 72.2 Å². The van der Waals surface area contributed by atoms with Crippen LogP contribution in [0, 0.1) is 6.92 Å². The Balaban J connectivity index is 1.18. The monoisotopic (exact) mass is 925 g/mol. The molecule has 352 valence electrons. The lowest BCUT2D eigenvalue weighted by molar-refractivity contribution is 0.590. The topological polar surface area (TPSA) is 26.0 Å². The van der Waals surface area contributed by atoms with Gasteiger partial charge in [-0.2, -0.15) is 0 Å². The maximum absolute atomic E-state index is 5.25. The zero-order valence-electron chi connectivity index (χ0n) is 43.9. The third-order valence-corrected chi connectivity index (χ3v) is 15.7. The van der Waals surface area contributed by atoms with E-state index >= 15 is 0 Å². The van der Waals surface area contributed by atoms with Crippen molar-refractivity contribution in [1.82, 2.24) is 14.0 Å². The number of benzene rings is 8. The first-order valence-corrected chi connectivity index (χ1v) is 25.7. The van der Waals surface area contributed by atoms with E-state index in [1.54, 1.807) is 0 Å². The van der Waals surface area contributed by atoms with Crippen molar-refractivity contribution < 1.29 is 0 Å². The molecule has 8 aromatic carbocycles. The molecule has 0 radical (unpaired) electrons. The molecule has 4 heterocycles. The van der Waals surface area contributed by atoms with Gasteiger partial charge in [0.25, 0.3) is 0 Å². The zero-order chi connectivity index (χ0) is 49.7. The fourth-order valence-corrected chi connectivity index (χ4v) is 11.7. The Hall–Kier alpha value is -7.11. The van der Waals surface area contributed by atoms with Crippen molar-refractivity contribution in [1.29, 1.82) is 0 Å². The van der Waals surface area contributed by atoms with E-state index in [1.165, 1.54) is 99.9 Å². The minimum atomic E-state index is -0.0791. The highest BCUT2D eigenvalue weighted by molar-refractivity contribution is 6.90. The second-order valence-electron chi connectivity index (χ2n) is 24.6. The molecule has 0 fully saturated rings. The van der Waals surface area contributed by atoms with Crippen molar-refractivity contribution >= 4 is 67.7 Å². The molecule has 0 N–H and O–H groups in total. The number of hydrogen-bond acceptors (Lipinski definition) is 2. The van der Waals surface area contributed by atoms with Gasteiger partial charge in [-0.1, -0.05) is 168 Å². The molecule has 71 heavy (non-hydrogen) atoms. The van der Waals surface area contributed by atoms with Crippen molar-refractivity contribution in [2.75, 3.05) is 4.90 Å². The molecule has 5 heteroatoms. The van der Waals surface area contributed by atoms with Gasteiger partial charge in [0.1, 0.15) is 5.82 Å². The minimum absolute atomic E-state index is 0.000693. The molecule has 0 saturated heterocycles. The van der Waals surface area contributed by atoms with Gasteiger partial charge in [-0.25, -0.2) is 4.98 Å². The smallest absolute Gasteiger partial charge is 0.333 e. The van der Waals surface area contributed by atoms with Gasteiger partial charge >= 0.3 is 6.85 Å². The van der Waals surface area contributed by atoms with Crippen LogP contribution in [0.5, 0.6) is 0 Å². The largest absolute Gasteiger partial charge is 0.375 e. The molecule has 0 aliphatic carbocycles. The van der Waals surface area contributed by atoms with Crippen molar-refractivity contribution in [3.63, 3.8) is 0 Å². The molecule has 2 aliphatic rings. The average molecular weight is 925 g/mol. The Bertz CT molecular complexity index is 3780. The Morgan fingerprint density at radius 2 is 1.04 bits per heavy atom. The summed E-state index contributed by atoms with van der Waals surface area (Å²) in [7, 11) is 0. The predicted octanol–water partition coefficient (Wildman–Crippen LogP) is 16.4. The van der Waals surface area contributed by atoms with Crippen LogP contribution >= 0.6 is 0 Å². The second kappa shape index (κ2) is 15.4. The molecule has 12 rings (SSSR count). The van der Waals surface area contributed by atoms with E-state index < -0.39 is 0 Å². The van der Waals surface area contributed by atoms with Gasteiger partial charge in [0, 0.05) is 55.7 Å². The lowest BCUT2D eigenvalue weighted by Gasteiger charge is -2.42. The summed E-state index contributed by atoms with van der Waals surface area (Å²) >= 11 is 0. The molecule has 0 spiro atoms. The number of aromatic nitrogens is 3. The number of anilines is 3. The van der Waals surface area contributed by atoms with E-state index in [4.69, 9.17) is 4.98 Å². The molecule has 0 amide bonds. The van der Waals surface area contributed by atoms with Gasteiger partial charge in [0.05, 0.1) is 11.0 Å². The van der Waals surface area contributed by atoms with Gasteiger partial charge in [-0.15, -0.1) is 0 Å². The van der Waals surface area contributed by atoms with Gasteiger partial charge in [0.2, 0.25) is 0 Å². The second-order valence-corrected chi connectivity index (χ2v) is 24.6. The molecule has 2 aromatic heterocycles. The summed E-state index contributed by atoms with van der Waals surface area (Å²) in [5, 5.41) is 2.67. The summed E-state index contributed by atoms with van der Waals surface area (Å²) in [5.41, 5.74) is 24.9. The van der Waals surface area contributed by atoms with Crippen molar-refractivity contribution in [3.05, 3.63) is 186 Å². The van der Waals surface area contributed by atoms with Crippen LogP contribution in [0.4, 0.5) is 17.1 Å². The quantitative estimate of drug-likeness (QED) is 0.164. The summed E-state index contributed by atoms with van der Waals surface area (Å²) < 4.78 is 5.03. The van der Waals surface area contributed by atoms with Crippen LogP contribution in [0.15, 0.2) is 158 Å². The third-order valence-electron chi connectivity index (χ3n) is 15.7. The number of nitrogens with zero attached hydrogens (tertiary/aromatic N) is 4. The van der Waals surface area contributed by atoms with E-state index in [-0.39, 0.29) is 28.5 Å². The van der Waals surface area contributed by atoms with E-state index in [0.29, 0.717) is 0 Å². The first-order chi connectivity index (χ1) is 33.7. The normalized spacial score (nSPS) is 13.6. The Labute approximate surface area is 421 Å². The maximum Gasteiger partial charge on any atom is 0.333 e. The molecule has 0 unspecified atom stereocenters. The van der Waals surface area contributed by atoms with E-state index in [2.05, 4.69) is 262 Å². The summed E-state index contributed by atoms with van der Waals surface area (Å²) in [6.45, 7) is 30.4. The van der Waals surface area contributed by atoms with Crippen LogP contribution in [-0.4, -0.2) is 20.9 Å². The Morgan fingerprint density at radius 1 is 0.451 bits per heavy atom. The van der Waals surface area contributed by atoms with Gasteiger partial charge in [-0.05, 0) is 157 Å². The summed E-state index contributed by atoms with van der Waals surface area (Å²) in [4.78, 5) is 7.83. The highest BCUT2D eigenvalue weighted by atomic mass is 15.2. The molecule has 0 atom stereocenters. The summed E-state index contributed by atoms with van der Waals surface area (Å²) in [5.74, 6) is 0.934. The van der Waals surface area contributed by atoms with E-state index in [1.807, 2.05) is 0 Å². The van der Waals surface area contributed by atoms with Crippen LogP contribution < -0.4 is 15.8 Å². The van der Waals surface area contributed by atoms with Gasteiger partial charge in [0.15, 0.2) is 0 Å². The third kappa shape index (κ3) is 7.05. The Morgan fingerprint density at radius 3 is 1.72 bits per heavy atom. The fourth-order valence-electron chi connectivity index (χ4n) is 11.7. The number of hydrogen-bond donors (Lipinski definition) is 0. The molecule has 10 aromatic rings. The van der Waals surface area contributed by atoms with Crippen LogP contribution in [-0.2, 0) is 21.7 Å². The Kier molecular flexibility index (Phi) is 9.80. The first kappa shape index (κ1) is 45.1.